The van der Waals surface area contributed by atoms with Gasteiger partial charge in [-0.2, -0.15) is 4.31 Å². The van der Waals surface area contributed by atoms with E-state index < -0.39 is 10.0 Å². The summed E-state index contributed by atoms with van der Waals surface area (Å²) < 4.78 is 27.9. The second-order valence-electron chi connectivity index (χ2n) is 5.13. The van der Waals surface area contributed by atoms with E-state index in [2.05, 4.69) is 9.88 Å². The van der Waals surface area contributed by atoms with Gasteiger partial charge in [0.25, 0.3) is 10.0 Å². The van der Waals surface area contributed by atoms with Crippen molar-refractivity contribution in [2.75, 3.05) is 26.7 Å². The number of aromatic nitrogens is 1. The number of halogens is 1. The lowest BCUT2D eigenvalue weighted by molar-refractivity contribution is 0.270. The number of nitrogens with zero attached hydrogens (tertiary/aromatic N) is 3. The quantitative estimate of drug-likeness (QED) is 0.848. The van der Waals surface area contributed by atoms with Gasteiger partial charge < -0.3 is 4.90 Å². The molecular weight excluding hydrogens is 318 g/mol. The molecule has 114 valence electrons. The summed E-state index contributed by atoms with van der Waals surface area (Å²) in [4.78, 5) is 6.22. The fraction of sp³-hybridized carbons (Fsp3) is 0.750. The number of aryl methyl sites for hydroxylation is 1. The Kier molecular flexibility index (Phi) is 5.07. The smallest absolute Gasteiger partial charge is 0.254 e. The number of likely N-dealkylation sites (N-methyl/N-ethyl adjacent to an activating group) is 1. The third kappa shape index (κ3) is 3.17. The molecule has 0 spiro atoms. The monoisotopic (exact) mass is 337 g/mol. The highest BCUT2D eigenvalue weighted by atomic mass is 35.5. The van der Waals surface area contributed by atoms with Gasteiger partial charge in [-0.05, 0) is 33.4 Å². The molecule has 2 rings (SSSR count). The molecule has 8 heteroatoms. The zero-order valence-corrected chi connectivity index (χ0v) is 14.4. The SMILES string of the molecule is CCC1CN(C)CCCN1S(=O)(=O)c1sc(Cl)nc1C. The molecule has 2 heterocycles. The molecular formula is C12H20ClN3O2S2. The molecule has 0 radical (unpaired) electrons. The first-order chi connectivity index (χ1) is 9.36. The Morgan fingerprint density at radius 1 is 1.45 bits per heavy atom. The van der Waals surface area contributed by atoms with E-state index in [-0.39, 0.29) is 14.7 Å². The molecule has 0 N–H and O–H groups in total. The van der Waals surface area contributed by atoms with Crippen molar-refractivity contribution in [1.29, 1.82) is 0 Å². The van der Waals surface area contributed by atoms with Crippen molar-refractivity contribution in [1.82, 2.24) is 14.2 Å². The van der Waals surface area contributed by atoms with E-state index in [1.807, 2.05) is 14.0 Å². The lowest BCUT2D eigenvalue weighted by Gasteiger charge is -2.28. The minimum absolute atomic E-state index is 0.00720. The molecule has 20 heavy (non-hydrogen) atoms. The average molecular weight is 338 g/mol. The normalized spacial score (nSPS) is 22.9. The van der Waals surface area contributed by atoms with Crippen molar-refractivity contribution < 1.29 is 8.42 Å². The Bertz CT molecular complexity index is 573. The van der Waals surface area contributed by atoms with Crippen LogP contribution in [0.15, 0.2) is 4.21 Å². The summed E-state index contributed by atoms with van der Waals surface area (Å²) in [7, 11) is -1.47. The first-order valence-electron chi connectivity index (χ1n) is 6.69. The van der Waals surface area contributed by atoms with Crippen molar-refractivity contribution >= 4 is 33.0 Å². The van der Waals surface area contributed by atoms with Gasteiger partial charge in [0, 0.05) is 19.1 Å². The highest BCUT2D eigenvalue weighted by Crippen LogP contribution is 2.31. The van der Waals surface area contributed by atoms with Crippen LogP contribution in [-0.2, 0) is 10.0 Å². The molecule has 0 saturated carbocycles. The first-order valence-corrected chi connectivity index (χ1v) is 9.33. The summed E-state index contributed by atoms with van der Waals surface area (Å²) >= 11 is 6.90. The first kappa shape index (κ1) is 16.2. The topological polar surface area (TPSA) is 53.5 Å². The Hall–Kier alpha value is -0.210. The lowest BCUT2D eigenvalue weighted by atomic mass is 10.2. The molecule has 1 unspecified atom stereocenters. The van der Waals surface area contributed by atoms with Gasteiger partial charge in [0.15, 0.2) is 8.68 Å². The van der Waals surface area contributed by atoms with Gasteiger partial charge in [-0.15, -0.1) is 0 Å². The second-order valence-corrected chi connectivity index (χ2v) is 8.80. The maximum Gasteiger partial charge on any atom is 0.254 e. The fourth-order valence-electron chi connectivity index (χ4n) is 2.57. The zero-order valence-electron chi connectivity index (χ0n) is 12.0. The van der Waals surface area contributed by atoms with Crippen molar-refractivity contribution in [3.63, 3.8) is 0 Å². The molecule has 1 aromatic heterocycles. The van der Waals surface area contributed by atoms with E-state index in [9.17, 15) is 8.42 Å². The largest absolute Gasteiger partial charge is 0.305 e. The van der Waals surface area contributed by atoms with Crippen molar-refractivity contribution in [2.24, 2.45) is 0 Å². The Morgan fingerprint density at radius 3 is 2.70 bits per heavy atom. The van der Waals surface area contributed by atoms with Crippen LogP contribution >= 0.6 is 22.9 Å². The minimum Gasteiger partial charge on any atom is -0.305 e. The molecule has 0 amide bonds. The molecule has 1 atom stereocenters. The summed E-state index contributed by atoms with van der Waals surface area (Å²) in [5.74, 6) is 0. The highest BCUT2D eigenvalue weighted by Gasteiger charge is 2.35. The molecule has 1 saturated heterocycles. The molecule has 5 nitrogen and oxygen atoms in total. The number of sulfonamides is 1. The van der Waals surface area contributed by atoms with E-state index in [0.29, 0.717) is 12.2 Å². The Labute approximate surface area is 129 Å². The molecule has 0 aliphatic carbocycles. The van der Waals surface area contributed by atoms with Gasteiger partial charge in [-0.1, -0.05) is 29.9 Å². The van der Waals surface area contributed by atoms with Crippen LogP contribution in [0.25, 0.3) is 0 Å². The standard InChI is InChI=1S/C12H20ClN3O2S2/c1-4-10-8-15(3)6-5-7-16(10)20(17,18)11-9(2)14-12(13)19-11/h10H,4-8H2,1-3H3. The van der Waals surface area contributed by atoms with Crippen LogP contribution in [0.1, 0.15) is 25.5 Å². The Morgan fingerprint density at radius 2 is 2.15 bits per heavy atom. The van der Waals surface area contributed by atoms with Crippen molar-refractivity contribution in [2.45, 2.75) is 36.9 Å². The van der Waals surface area contributed by atoms with Gasteiger partial charge in [-0.25, -0.2) is 13.4 Å². The van der Waals surface area contributed by atoms with Gasteiger partial charge in [0.05, 0.1) is 5.69 Å². The van der Waals surface area contributed by atoms with E-state index in [4.69, 9.17) is 11.6 Å². The highest BCUT2D eigenvalue weighted by molar-refractivity contribution is 7.91. The molecule has 1 aliphatic heterocycles. The summed E-state index contributed by atoms with van der Waals surface area (Å²) in [6, 6.07) is 0.00720. The van der Waals surface area contributed by atoms with Crippen LogP contribution in [0.3, 0.4) is 0 Å². The maximum atomic E-state index is 12.9. The van der Waals surface area contributed by atoms with Crippen LogP contribution in [0.5, 0.6) is 0 Å². The minimum atomic E-state index is -3.50. The molecule has 0 bridgehead atoms. The van der Waals surface area contributed by atoms with Crippen LogP contribution in [0.4, 0.5) is 0 Å². The van der Waals surface area contributed by atoms with E-state index in [0.717, 1.165) is 37.3 Å². The Balaban J connectivity index is 2.38. The van der Waals surface area contributed by atoms with Crippen molar-refractivity contribution in [3.8, 4) is 0 Å². The molecule has 1 aromatic rings. The van der Waals surface area contributed by atoms with Crippen LogP contribution < -0.4 is 0 Å². The number of rotatable bonds is 3. The van der Waals surface area contributed by atoms with Crippen molar-refractivity contribution in [3.05, 3.63) is 10.2 Å². The third-order valence-corrected chi connectivity index (χ3v) is 7.39. The van der Waals surface area contributed by atoms with E-state index in [1.54, 1.807) is 11.2 Å². The molecule has 0 aromatic carbocycles. The second kappa shape index (κ2) is 6.27. The maximum absolute atomic E-state index is 12.9. The summed E-state index contributed by atoms with van der Waals surface area (Å²) in [6.45, 7) is 5.96. The predicted molar refractivity (Wildman–Crippen MR) is 81.9 cm³/mol. The van der Waals surface area contributed by atoms with E-state index in [1.165, 1.54) is 0 Å². The predicted octanol–water partition coefficient (Wildman–Crippen LogP) is 2.21. The van der Waals surface area contributed by atoms with Crippen LogP contribution in [-0.4, -0.2) is 55.3 Å². The van der Waals surface area contributed by atoms with E-state index >= 15 is 0 Å². The number of hydrogen-bond acceptors (Lipinski definition) is 5. The molecule has 1 aliphatic rings. The summed E-state index contributed by atoms with van der Waals surface area (Å²) in [5.41, 5.74) is 0.493. The fourth-order valence-corrected chi connectivity index (χ4v) is 6.15. The average Bonchev–Trinajstić information content (AvgIpc) is 2.60. The summed E-state index contributed by atoms with van der Waals surface area (Å²) in [5, 5.41) is 0. The van der Waals surface area contributed by atoms with Gasteiger partial charge in [-0.3, -0.25) is 0 Å². The number of thiazole rings is 1. The van der Waals surface area contributed by atoms with Crippen LogP contribution in [0, 0.1) is 6.92 Å². The summed E-state index contributed by atoms with van der Waals surface area (Å²) in [6.07, 6.45) is 1.65. The number of hydrogen-bond donors (Lipinski definition) is 0. The lowest BCUT2D eigenvalue weighted by Crippen LogP contribution is -2.43. The zero-order chi connectivity index (χ0) is 14.9. The van der Waals surface area contributed by atoms with Crippen LogP contribution in [0.2, 0.25) is 4.47 Å². The third-order valence-electron chi connectivity index (χ3n) is 3.59. The van der Waals surface area contributed by atoms with Gasteiger partial charge in [0.2, 0.25) is 0 Å². The van der Waals surface area contributed by atoms with Gasteiger partial charge >= 0.3 is 0 Å². The molecule has 1 fully saturated rings. The van der Waals surface area contributed by atoms with Gasteiger partial charge in [0.1, 0.15) is 0 Å².